The van der Waals surface area contributed by atoms with Gasteiger partial charge in [-0.3, -0.25) is 0 Å². The van der Waals surface area contributed by atoms with Gasteiger partial charge in [0.05, 0.1) is 6.61 Å². The van der Waals surface area contributed by atoms with E-state index in [0.29, 0.717) is 5.75 Å². The average molecular weight is 320 g/mol. The molecule has 3 nitrogen and oxygen atoms in total. The standard InChI is InChI=1S/C21H20O3/c22-14-15-24-20-13-7-12-19(16-20)21(23,17-8-3-1-4-9-17)18-10-5-2-6-11-18/h1-13,16,22-23H,14-15H2. The van der Waals surface area contributed by atoms with E-state index in [2.05, 4.69) is 0 Å². The van der Waals surface area contributed by atoms with Crippen molar-refractivity contribution in [3.63, 3.8) is 0 Å². The van der Waals surface area contributed by atoms with Crippen molar-refractivity contribution in [2.45, 2.75) is 5.60 Å². The van der Waals surface area contributed by atoms with Crippen LogP contribution in [0.5, 0.6) is 5.75 Å². The number of hydrogen-bond donors (Lipinski definition) is 2. The smallest absolute Gasteiger partial charge is 0.140 e. The molecule has 0 aliphatic carbocycles. The normalized spacial score (nSPS) is 11.2. The molecular formula is C21H20O3. The van der Waals surface area contributed by atoms with Crippen molar-refractivity contribution in [1.82, 2.24) is 0 Å². The Balaban J connectivity index is 2.13. The zero-order valence-electron chi connectivity index (χ0n) is 13.3. The Morgan fingerprint density at radius 3 is 1.79 bits per heavy atom. The van der Waals surface area contributed by atoms with Crippen LogP contribution in [-0.2, 0) is 5.60 Å². The van der Waals surface area contributed by atoms with E-state index in [9.17, 15) is 5.11 Å². The first-order chi connectivity index (χ1) is 11.7. The molecule has 122 valence electrons. The molecule has 3 aromatic carbocycles. The first-order valence-electron chi connectivity index (χ1n) is 7.93. The molecule has 3 heteroatoms. The molecule has 0 heterocycles. The minimum absolute atomic E-state index is 0.0497. The molecule has 0 bridgehead atoms. The lowest BCUT2D eigenvalue weighted by Crippen LogP contribution is -2.28. The molecule has 3 rings (SSSR count). The molecule has 0 aliphatic heterocycles. The fourth-order valence-electron chi connectivity index (χ4n) is 2.83. The van der Waals surface area contributed by atoms with E-state index in [1.54, 1.807) is 0 Å². The molecule has 0 radical (unpaired) electrons. The molecule has 0 spiro atoms. The van der Waals surface area contributed by atoms with Crippen molar-refractivity contribution < 1.29 is 14.9 Å². The number of hydrogen-bond acceptors (Lipinski definition) is 3. The summed E-state index contributed by atoms with van der Waals surface area (Å²) in [5, 5.41) is 20.6. The quantitative estimate of drug-likeness (QED) is 0.685. The molecule has 2 N–H and O–H groups in total. The van der Waals surface area contributed by atoms with Gasteiger partial charge in [-0.05, 0) is 28.8 Å². The van der Waals surface area contributed by atoms with Crippen molar-refractivity contribution in [3.8, 4) is 5.75 Å². The van der Waals surface area contributed by atoms with Crippen LogP contribution in [0.3, 0.4) is 0 Å². The van der Waals surface area contributed by atoms with E-state index in [-0.39, 0.29) is 13.2 Å². The number of aliphatic hydroxyl groups is 2. The largest absolute Gasteiger partial charge is 0.491 e. The van der Waals surface area contributed by atoms with E-state index in [1.165, 1.54) is 0 Å². The zero-order valence-corrected chi connectivity index (χ0v) is 13.3. The van der Waals surface area contributed by atoms with E-state index in [4.69, 9.17) is 9.84 Å². The van der Waals surface area contributed by atoms with Crippen LogP contribution >= 0.6 is 0 Å². The topological polar surface area (TPSA) is 49.7 Å². The van der Waals surface area contributed by atoms with Crippen LogP contribution in [0, 0.1) is 0 Å². The SMILES string of the molecule is OCCOc1cccc(C(O)(c2ccccc2)c2ccccc2)c1. The second-order valence-electron chi connectivity index (χ2n) is 5.54. The van der Waals surface area contributed by atoms with Gasteiger partial charge in [-0.1, -0.05) is 72.8 Å². The van der Waals surface area contributed by atoms with Gasteiger partial charge in [-0.2, -0.15) is 0 Å². The van der Waals surface area contributed by atoms with E-state index >= 15 is 0 Å². The predicted octanol–water partition coefficient (Wildman–Crippen LogP) is 3.34. The molecule has 3 aromatic rings. The third-order valence-electron chi connectivity index (χ3n) is 3.99. The first-order valence-corrected chi connectivity index (χ1v) is 7.93. The molecule has 0 fully saturated rings. The average Bonchev–Trinajstić information content (AvgIpc) is 2.67. The Bertz CT molecular complexity index is 730. The summed E-state index contributed by atoms with van der Waals surface area (Å²) in [5.41, 5.74) is 1.02. The third-order valence-corrected chi connectivity index (χ3v) is 3.99. The summed E-state index contributed by atoms with van der Waals surface area (Å²) >= 11 is 0. The highest BCUT2D eigenvalue weighted by atomic mass is 16.5. The third kappa shape index (κ3) is 3.18. The second kappa shape index (κ2) is 7.30. The maximum atomic E-state index is 11.7. The highest BCUT2D eigenvalue weighted by Gasteiger charge is 2.33. The van der Waals surface area contributed by atoms with Gasteiger partial charge >= 0.3 is 0 Å². The lowest BCUT2D eigenvalue weighted by atomic mass is 9.80. The maximum Gasteiger partial charge on any atom is 0.140 e. The number of benzene rings is 3. The Hall–Kier alpha value is -2.62. The molecule has 0 atom stereocenters. The summed E-state index contributed by atoms with van der Waals surface area (Å²) in [4.78, 5) is 0. The fourth-order valence-corrected chi connectivity index (χ4v) is 2.83. The minimum Gasteiger partial charge on any atom is -0.491 e. The van der Waals surface area contributed by atoms with Crippen LogP contribution in [0.2, 0.25) is 0 Å². The summed E-state index contributed by atoms with van der Waals surface area (Å²) in [5.74, 6) is 0.617. The molecule has 0 aliphatic rings. The molecule has 0 aromatic heterocycles. The van der Waals surface area contributed by atoms with Crippen molar-refractivity contribution in [1.29, 1.82) is 0 Å². The summed E-state index contributed by atoms with van der Waals surface area (Å²) < 4.78 is 5.50. The van der Waals surface area contributed by atoms with Gasteiger partial charge < -0.3 is 14.9 Å². The molecule has 0 unspecified atom stereocenters. The van der Waals surface area contributed by atoms with Crippen LogP contribution in [0.1, 0.15) is 16.7 Å². The van der Waals surface area contributed by atoms with Gasteiger partial charge in [-0.25, -0.2) is 0 Å². The van der Waals surface area contributed by atoms with Crippen LogP contribution in [0.25, 0.3) is 0 Å². The highest BCUT2D eigenvalue weighted by molar-refractivity contribution is 5.48. The fraction of sp³-hybridized carbons (Fsp3) is 0.143. The van der Waals surface area contributed by atoms with Crippen molar-refractivity contribution in [3.05, 3.63) is 102 Å². The monoisotopic (exact) mass is 320 g/mol. The lowest BCUT2D eigenvalue weighted by molar-refractivity contribution is 0.125. The molecule has 0 saturated heterocycles. The lowest BCUT2D eigenvalue weighted by Gasteiger charge is -2.30. The van der Waals surface area contributed by atoms with Crippen LogP contribution < -0.4 is 4.74 Å². The first kappa shape index (κ1) is 16.2. The number of aliphatic hydroxyl groups excluding tert-OH is 1. The summed E-state index contributed by atoms with van der Waals surface area (Å²) in [7, 11) is 0. The number of ether oxygens (including phenoxy) is 1. The van der Waals surface area contributed by atoms with Gasteiger partial charge in [0.25, 0.3) is 0 Å². The van der Waals surface area contributed by atoms with Crippen LogP contribution in [-0.4, -0.2) is 23.4 Å². The minimum atomic E-state index is -1.28. The Kier molecular flexibility index (Phi) is 4.94. The number of rotatable bonds is 6. The van der Waals surface area contributed by atoms with E-state index < -0.39 is 5.60 Å². The zero-order chi connectivity index (χ0) is 16.8. The second-order valence-corrected chi connectivity index (χ2v) is 5.54. The molecule has 0 saturated carbocycles. The van der Waals surface area contributed by atoms with Crippen molar-refractivity contribution in [2.24, 2.45) is 0 Å². The molecule has 24 heavy (non-hydrogen) atoms. The van der Waals surface area contributed by atoms with Crippen LogP contribution in [0.15, 0.2) is 84.9 Å². The van der Waals surface area contributed by atoms with Gasteiger partial charge in [0.1, 0.15) is 18.0 Å². The highest BCUT2D eigenvalue weighted by Crippen LogP contribution is 2.37. The van der Waals surface area contributed by atoms with E-state index in [1.807, 2.05) is 84.9 Å². The van der Waals surface area contributed by atoms with Gasteiger partial charge in [0.15, 0.2) is 0 Å². The van der Waals surface area contributed by atoms with Gasteiger partial charge in [0, 0.05) is 0 Å². The Morgan fingerprint density at radius 1 is 0.708 bits per heavy atom. The van der Waals surface area contributed by atoms with E-state index in [0.717, 1.165) is 16.7 Å². The summed E-state index contributed by atoms with van der Waals surface area (Å²) in [6.07, 6.45) is 0. The maximum absolute atomic E-state index is 11.7. The Morgan fingerprint density at radius 2 is 1.25 bits per heavy atom. The van der Waals surface area contributed by atoms with Crippen molar-refractivity contribution >= 4 is 0 Å². The Labute approximate surface area is 141 Å². The van der Waals surface area contributed by atoms with Crippen LogP contribution in [0.4, 0.5) is 0 Å². The summed E-state index contributed by atoms with van der Waals surface area (Å²) in [6.45, 7) is 0.171. The molecular weight excluding hydrogens is 300 g/mol. The van der Waals surface area contributed by atoms with Gasteiger partial charge in [0.2, 0.25) is 0 Å². The van der Waals surface area contributed by atoms with Gasteiger partial charge in [-0.15, -0.1) is 0 Å². The molecule has 0 amide bonds. The predicted molar refractivity (Wildman–Crippen MR) is 94.0 cm³/mol. The summed E-state index contributed by atoms with van der Waals surface area (Å²) in [6, 6.07) is 26.5. The van der Waals surface area contributed by atoms with Crippen molar-refractivity contribution in [2.75, 3.05) is 13.2 Å².